The summed E-state index contributed by atoms with van der Waals surface area (Å²) in [4.78, 5) is 8.51. The first-order valence-corrected chi connectivity index (χ1v) is 6.58. The van der Waals surface area contributed by atoms with E-state index in [9.17, 15) is 0 Å². The molecular formula is C15H14N6. The topological polar surface area (TPSA) is 79.4 Å². The van der Waals surface area contributed by atoms with Crippen molar-refractivity contribution in [1.29, 1.82) is 5.26 Å². The lowest BCUT2D eigenvalue weighted by Crippen LogP contribution is -2.08. The number of nitriles is 1. The largest absolute Gasteiger partial charge is 0.363 e. The van der Waals surface area contributed by atoms with Gasteiger partial charge in [-0.2, -0.15) is 10.4 Å². The first-order chi connectivity index (χ1) is 10.2. The van der Waals surface area contributed by atoms with Gasteiger partial charge in [0.1, 0.15) is 12.1 Å². The Morgan fingerprint density at radius 2 is 2.00 bits per heavy atom. The Labute approximate surface area is 122 Å². The SMILES string of the molecule is CC(Nc1ncnc2c1cnn2C)c1ccc(C#N)cc1. The van der Waals surface area contributed by atoms with Crippen molar-refractivity contribution in [3.8, 4) is 6.07 Å². The van der Waals surface area contributed by atoms with E-state index in [1.54, 1.807) is 10.9 Å². The highest BCUT2D eigenvalue weighted by atomic mass is 15.3. The predicted molar refractivity (Wildman–Crippen MR) is 79.5 cm³/mol. The Bertz CT molecular complexity index is 812. The zero-order valence-corrected chi connectivity index (χ0v) is 11.8. The number of benzene rings is 1. The molecule has 0 aliphatic carbocycles. The van der Waals surface area contributed by atoms with Crippen LogP contribution in [0.25, 0.3) is 11.0 Å². The third-order valence-corrected chi connectivity index (χ3v) is 3.42. The summed E-state index contributed by atoms with van der Waals surface area (Å²) in [6, 6.07) is 9.69. The highest BCUT2D eigenvalue weighted by molar-refractivity contribution is 5.86. The molecule has 1 unspecified atom stereocenters. The molecule has 0 spiro atoms. The Morgan fingerprint density at radius 3 is 2.71 bits per heavy atom. The molecule has 0 amide bonds. The average Bonchev–Trinajstić information content (AvgIpc) is 2.90. The van der Waals surface area contributed by atoms with Crippen LogP contribution in [0.4, 0.5) is 5.82 Å². The third-order valence-electron chi connectivity index (χ3n) is 3.42. The van der Waals surface area contributed by atoms with Gasteiger partial charge >= 0.3 is 0 Å². The van der Waals surface area contributed by atoms with Crippen molar-refractivity contribution in [2.45, 2.75) is 13.0 Å². The number of nitrogens with zero attached hydrogens (tertiary/aromatic N) is 5. The Hall–Kier alpha value is -2.94. The van der Waals surface area contributed by atoms with Crippen molar-refractivity contribution in [2.75, 3.05) is 5.32 Å². The van der Waals surface area contributed by atoms with Gasteiger partial charge in [0.25, 0.3) is 0 Å². The van der Waals surface area contributed by atoms with E-state index in [2.05, 4.69) is 26.5 Å². The molecule has 0 bridgehead atoms. The molecule has 3 aromatic rings. The van der Waals surface area contributed by atoms with E-state index in [-0.39, 0.29) is 6.04 Å². The summed E-state index contributed by atoms with van der Waals surface area (Å²) in [5.41, 5.74) is 2.53. The molecule has 1 aromatic carbocycles. The number of nitrogens with one attached hydrogen (secondary N) is 1. The fraction of sp³-hybridized carbons (Fsp3) is 0.200. The summed E-state index contributed by atoms with van der Waals surface area (Å²) in [6.07, 6.45) is 3.28. The van der Waals surface area contributed by atoms with E-state index in [0.717, 1.165) is 22.4 Å². The van der Waals surface area contributed by atoms with Crippen LogP contribution in [0.2, 0.25) is 0 Å². The number of aromatic nitrogens is 4. The van der Waals surface area contributed by atoms with E-state index in [0.29, 0.717) is 5.56 Å². The zero-order valence-electron chi connectivity index (χ0n) is 11.8. The fourth-order valence-electron chi connectivity index (χ4n) is 2.21. The zero-order chi connectivity index (χ0) is 14.8. The molecule has 6 heteroatoms. The predicted octanol–water partition coefficient (Wildman–Crippen LogP) is 2.41. The minimum atomic E-state index is 0.0658. The van der Waals surface area contributed by atoms with Gasteiger partial charge in [-0.1, -0.05) is 12.1 Å². The number of fused-ring (bicyclic) bond motifs is 1. The summed E-state index contributed by atoms with van der Waals surface area (Å²) in [5.74, 6) is 0.755. The smallest absolute Gasteiger partial charge is 0.163 e. The van der Waals surface area contributed by atoms with Crippen LogP contribution in [0.5, 0.6) is 0 Å². The van der Waals surface area contributed by atoms with E-state index in [1.165, 1.54) is 6.33 Å². The maximum atomic E-state index is 8.83. The molecule has 2 aromatic heterocycles. The summed E-state index contributed by atoms with van der Waals surface area (Å²) in [6.45, 7) is 2.05. The van der Waals surface area contributed by atoms with Crippen molar-refractivity contribution < 1.29 is 0 Å². The number of rotatable bonds is 3. The maximum Gasteiger partial charge on any atom is 0.163 e. The first-order valence-electron chi connectivity index (χ1n) is 6.58. The van der Waals surface area contributed by atoms with Gasteiger partial charge in [0.15, 0.2) is 5.65 Å². The van der Waals surface area contributed by atoms with E-state index < -0.39 is 0 Å². The summed E-state index contributed by atoms with van der Waals surface area (Å²) in [5, 5.41) is 17.3. The molecule has 1 atom stereocenters. The molecule has 0 radical (unpaired) electrons. The van der Waals surface area contributed by atoms with Crippen LogP contribution < -0.4 is 5.32 Å². The molecule has 6 nitrogen and oxygen atoms in total. The van der Waals surface area contributed by atoms with Crippen LogP contribution >= 0.6 is 0 Å². The van der Waals surface area contributed by atoms with Crippen LogP contribution in [0.1, 0.15) is 24.1 Å². The van der Waals surface area contributed by atoms with E-state index in [4.69, 9.17) is 5.26 Å². The minimum Gasteiger partial charge on any atom is -0.363 e. The number of hydrogen-bond acceptors (Lipinski definition) is 5. The number of anilines is 1. The molecule has 0 aliphatic rings. The second kappa shape index (κ2) is 5.21. The van der Waals surface area contributed by atoms with Gasteiger partial charge < -0.3 is 5.32 Å². The normalized spacial score (nSPS) is 12.0. The molecule has 1 N–H and O–H groups in total. The highest BCUT2D eigenvalue weighted by Crippen LogP contribution is 2.23. The number of hydrogen-bond donors (Lipinski definition) is 1. The van der Waals surface area contributed by atoms with E-state index >= 15 is 0 Å². The third kappa shape index (κ3) is 2.41. The van der Waals surface area contributed by atoms with Crippen LogP contribution in [0.15, 0.2) is 36.8 Å². The van der Waals surface area contributed by atoms with Gasteiger partial charge in [0, 0.05) is 13.1 Å². The van der Waals surface area contributed by atoms with Crippen molar-refractivity contribution in [3.05, 3.63) is 47.9 Å². The highest BCUT2D eigenvalue weighted by Gasteiger charge is 2.11. The fourth-order valence-corrected chi connectivity index (χ4v) is 2.21. The summed E-state index contributed by atoms with van der Waals surface area (Å²) in [7, 11) is 1.85. The molecule has 3 rings (SSSR count). The maximum absolute atomic E-state index is 8.83. The van der Waals surface area contributed by atoms with Crippen LogP contribution in [0.3, 0.4) is 0 Å². The molecule has 0 fully saturated rings. The molecule has 0 aliphatic heterocycles. The summed E-state index contributed by atoms with van der Waals surface area (Å²) < 4.78 is 1.72. The molecule has 2 heterocycles. The van der Waals surface area contributed by atoms with Gasteiger partial charge in [0.2, 0.25) is 0 Å². The Morgan fingerprint density at radius 1 is 1.24 bits per heavy atom. The standard InChI is InChI=1S/C15H14N6/c1-10(12-5-3-11(7-16)4-6-12)20-14-13-8-19-21(2)15(13)18-9-17-14/h3-6,8-10H,1-2H3,(H,17,18,20). The molecular weight excluding hydrogens is 264 g/mol. The lowest BCUT2D eigenvalue weighted by molar-refractivity contribution is 0.785. The van der Waals surface area contributed by atoms with Gasteiger partial charge in [-0.3, -0.25) is 4.68 Å². The van der Waals surface area contributed by atoms with Gasteiger partial charge in [0.05, 0.1) is 23.2 Å². The molecule has 0 saturated heterocycles. The monoisotopic (exact) mass is 278 g/mol. The van der Waals surface area contributed by atoms with Gasteiger partial charge in [-0.25, -0.2) is 9.97 Å². The second-order valence-corrected chi connectivity index (χ2v) is 4.83. The van der Waals surface area contributed by atoms with Crippen molar-refractivity contribution in [1.82, 2.24) is 19.7 Å². The van der Waals surface area contributed by atoms with Gasteiger partial charge in [-0.15, -0.1) is 0 Å². The van der Waals surface area contributed by atoms with Crippen LogP contribution in [-0.2, 0) is 7.05 Å². The van der Waals surface area contributed by atoms with Crippen molar-refractivity contribution in [3.63, 3.8) is 0 Å². The molecule has 0 saturated carbocycles. The first kappa shape index (κ1) is 13.1. The lowest BCUT2D eigenvalue weighted by atomic mass is 10.1. The summed E-state index contributed by atoms with van der Waals surface area (Å²) >= 11 is 0. The average molecular weight is 278 g/mol. The Kier molecular flexibility index (Phi) is 3.24. The quantitative estimate of drug-likeness (QED) is 0.795. The van der Waals surface area contributed by atoms with E-state index in [1.807, 2.05) is 38.2 Å². The molecule has 104 valence electrons. The lowest BCUT2D eigenvalue weighted by Gasteiger charge is -2.15. The van der Waals surface area contributed by atoms with Crippen LogP contribution in [0, 0.1) is 11.3 Å². The second-order valence-electron chi connectivity index (χ2n) is 4.83. The van der Waals surface area contributed by atoms with Crippen LogP contribution in [-0.4, -0.2) is 19.7 Å². The number of aryl methyl sites for hydroxylation is 1. The Balaban J connectivity index is 1.89. The minimum absolute atomic E-state index is 0.0658. The molecule has 21 heavy (non-hydrogen) atoms. The van der Waals surface area contributed by atoms with Crippen molar-refractivity contribution >= 4 is 16.9 Å². The van der Waals surface area contributed by atoms with Gasteiger partial charge in [-0.05, 0) is 24.6 Å². The van der Waals surface area contributed by atoms with Crippen molar-refractivity contribution in [2.24, 2.45) is 7.05 Å².